The van der Waals surface area contributed by atoms with Crippen LogP contribution in [-0.2, 0) is 4.74 Å². The van der Waals surface area contributed by atoms with Gasteiger partial charge < -0.3 is 20.9 Å². The van der Waals surface area contributed by atoms with Crippen molar-refractivity contribution >= 4 is 5.96 Å². The van der Waals surface area contributed by atoms with Gasteiger partial charge in [-0.3, -0.25) is 0 Å². The van der Waals surface area contributed by atoms with Crippen molar-refractivity contribution in [2.24, 2.45) is 10.7 Å². The average Bonchev–Trinajstić information content (AvgIpc) is 2.00. The molecular weight excluding hydrogens is 182 g/mol. The molecule has 5 heteroatoms. The van der Waals surface area contributed by atoms with Crippen LogP contribution in [0.2, 0.25) is 0 Å². The molecule has 0 radical (unpaired) electrons. The second-order valence-corrected chi connectivity index (χ2v) is 4.18. The molecule has 0 rings (SSSR count). The summed E-state index contributed by atoms with van der Waals surface area (Å²) in [5.41, 5.74) is 5.51. The molecule has 0 amide bonds. The highest BCUT2D eigenvalue weighted by Gasteiger charge is 2.11. The summed E-state index contributed by atoms with van der Waals surface area (Å²) in [6, 6.07) is -0.296. The van der Waals surface area contributed by atoms with Gasteiger partial charge in [-0.1, -0.05) is 0 Å². The quantitative estimate of drug-likeness (QED) is 0.433. The van der Waals surface area contributed by atoms with Crippen LogP contribution in [0.4, 0.5) is 0 Å². The Morgan fingerprint density at radius 3 is 2.50 bits per heavy atom. The number of aliphatic imine (C=N–C) groups is 1. The first-order chi connectivity index (χ1) is 6.39. The van der Waals surface area contributed by atoms with E-state index in [0.717, 1.165) is 0 Å². The number of nitrogens with zero attached hydrogens (tertiary/aromatic N) is 1. The van der Waals surface area contributed by atoms with Gasteiger partial charge in [0.1, 0.15) is 6.04 Å². The molecule has 0 aliphatic heterocycles. The maximum Gasteiger partial charge on any atom is 0.189 e. The van der Waals surface area contributed by atoms with Crippen LogP contribution >= 0.6 is 0 Å². The van der Waals surface area contributed by atoms with Gasteiger partial charge in [0.25, 0.3) is 0 Å². The van der Waals surface area contributed by atoms with E-state index >= 15 is 0 Å². The Balaban J connectivity index is 4.18. The van der Waals surface area contributed by atoms with E-state index in [9.17, 15) is 0 Å². The number of rotatable bonds is 4. The topological polar surface area (TPSA) is 79.9 Å². The van der Waals surface area contributed by atoms with Crippen molar-refractivity contribution in [3.05, 3.63) is 0 Å². The minimum absolute atomic E-state index is 0.0691. The molecule has 0 aromatic rings. The summed E-state index contributed by atoms with van der Waals surface area (Å²) in [5, 5.41) is 11.9. The minimum atomic E-state index is -0.296. The minimum Gasteiger partial charge on any atom is -0.394 e. The van der Waals surface area contributed by atoms with Crippen molar-refractivity contribution in [3.8, 4) is 0 Å². The van der Waals surface area contributed by atoms with E-state index in [0.29, 0.717) is 12.6 Å². The Kier molecular flexibility index (Phi) is 5.49. The summed E-state index contributed by atoms with van der Waals surface area (Å²) in [5.74, 6) is 0.327. The molecule has 0 aromatic carbocycles. The fraction of sp³-hybridized carbons (Fsp3) is 0.889. The van der Waals surface area contributed by atoms with Crippen LogP contribution in [0.5, 0.6) is 0 Å². The molecule has 0 spiro atoms. The molecule has 0 aromatic heterocycles. The summed E-state index contributed by atoms with van der Waals surface area (Å²) in [6.45, 7) is 6.25. The summed E-state index contributed by atoms with van der Waals surface area (Å²) in [7, 11) is 1.56. The second kappa shape index (κ2) is 5.82. The van der Waals surface area contributed by atoms with Crippen LogP contribution in [0.1, 0.15) is 20.8 Å². The van der Waals surface area contributed by atoms with E-state index in [-0.39, 0.29) is 18.2 Å². The maximum atomic E-state index is 8.93. The fourth-order valence-electron chi connectivity index (χ4n) is 0.936. The predicted octanol–water partition coefficient (Wildman–Crippen LogP) is -0.303. The maximum absolute atomic E-state index is 8.93. The number of methoxy groups -OCH3 is 1. The lowest BCUT2D eigenvalue weighted by Gasteiger charge is -2.22. The number of ether oxygens (including phenoxy) is 1. The van der Waals surface area contributed by atoms with Gasteiger partial charge in [-0.2, -0.15) is 0 Å². The number of guanidine groups is 1. The lowest BCUT2D eigenvalue weighted by molar-refractivity contribution is 0.146. The monoisotopic (exact) mass is 203 g/mol. The van der Waals surface area contributed by atoms with Crippen LogP contribution in [0.3, 0.4) is 0 Å². The van der Waals surface area contributed by atoms with Gasteiger partial charge in [-0.25, -0.2) is 4.99 Å². The molecule has 5 nitrogen and oxygen atoms in total. The fourth-order valence-corrected chi connectivity index (χ4v) is 0.936. The first kappa shape index (κ1) is 13.2. The first-order valence-corrected chi connectivity index (χ1v) is 4.60. The van der Waals surface area contributed by atoms with E-state index in [2.05, 4.69) is 10.3 Å². The first-order valence-electron chi connectivity index (χ1n) is 4.60. The lowest BCUT2D eigenvalue weighted by atomic mass is 10.1. The molecule has 0 bridgehead atoms. The van der Waals surface area contributed by atoms with Crippen LogP contribution in [-0.4, -0.2) is 43.0 Å². The highest BCUT2D eigenvalue weighted by atomic mass is 16.5. The molecule has 0 saturated carbocycles. The number of nitrogens with one attached hydrogen (secondary N) is 1. The summed E-state index contributed by atoms with van der Waals surface area (Å²) >= 11 is 0. The zero-order valence-corrected chi connectivity index (χ0v) is 9.37. The van der Waals surface area contributed by atoms with Crippen LogP contribution in [0.25, 0.3) is 0 Å². The second-order valence-electron chi connectivity index (χ2n) is 4.18. The Bertz CT molecular complexity index is 187. The smallest absolute Gasteiger partial charge is 0.189 e. The molecule has 0 saturated heterocycles. The zero-order chi connectivity index (χ0) is 11.2. The third-order valence-corrected chi connectivity index (χ3v) is 1.39. The third kappa shape index (κ3) is 6.68. The Morgan fingerprint density at radius 2 is 2.14 bits per heavy atom. The van der Waals surface area contributed by atoms with E-state index in [1.165, 1.54) is 0 Å². The number of nitrogens with two attached hydrogens (primary N) is 1. The Labute approximate surface area is 85.4 Å². The number of hydrogen-bond donors (Lipinski definition) is 3. The summed E-state index contributed by atoms with van der Waals surface area (Å²) in [6.07, 6.45) is 0. The standard InChI is InChI=1S/C9H21N3O2/c1-9(2,3)12-8(10)11-7(5-13)6-14-4/h7,13H,5-6H2,1-4H3,(H3,10,11,12). The van der Waals surface area contributed by atoms with Gasteiger partial charge in [0.15, 0.2) is 5.96 Å². The van der Waals surface area contributed by atoms with Crippen LogP contribution in [0.15, 0.2) is 4.99 Å². The normalized spacial score (nSPS) is 15.4. The average molecular weight is 203 g/mol. The number of aliphatic hydroxyl groups is 1. The third-order valence-electron chi connectivity index (χ3n) is 1.39. The SMILES string of the molecule is COCC(CO)N=C(N)NC(C)(C)C. The van der Waals surface area contributed by atoms with E-state index in [1.54, 1.807) is 7.11 Å². The number of aliphatic hydroxyl groups excluding tert-OH is 1. The number of hydrogen-bond acceptors (Lipinski definition) is 3. The van der Waals surface area contributed by atoms with Crippen LogP contribution < -0.4 is 11.1 Å². The largest absolute Gasteiger partial charge is 0.394 e. The molecule has 84 valence electrons. The van der Waals surface area contributed by atoms with Gasteiger partial charge in [-0.15, -0.1) is 0 Å². The molecule has 1 unspecified atom stereocenters. The molecular formula is C9H21N3O2. The van der Waals surface area contributed by atoms with Gasteiger partial charge >= 0.3 is 0 Å². The van der Waals surface area contributed by atoms with Crippen molar-refractivity contribution in [1.82, 2.24) is 5.32 Å². The molecule has 0 aliphatic rings. The molecule has 14 heavy (non-hydrogen) atoms. The van der Waals surface area contributed by atoms with Gasteiger partial charge in [-0.05, 0) is 20.8 Å². The van der Waals surface area contributed by atoms with E-state index in [4.69, 9.17) is 15.6 Å². The summed E-state index contributed by atoms with van der Waals surface area (Å²) in [4.78, 5) is 4.08. The zero-order valence-electron chi connectivity index (χ0n) is 9.37. The molecule has 0 aliphatic carbocycles. The lowest BCUT2D eigenvalue weighted by Crippen LogP contribution is -2.46. The van der Waals surface area contributed by atoms with E-state index in [1.807, 2.05) is 20.8 Å². The van der Waals surface area contributed by atoms with Crippen molar-refractivity contribution in [2.45, 2.75) is 32.4 Å². The highest BCUT2D eigenvalue weighted by Crippen LogP contribution is 1.98. The van der Waals surface area contributed by atoms with Crippen molar-refractivity contribution in [2.75, 3.05) is 20.3 Å². The molecule has 4 N–H and O–H groups in total. The van der Waals surface area contributed by atoms with Crippen molar-refractivity contribution < 1.29 is 9.84 Å². The van der Waals surface area contributed by atoms with Crippen molar-refractivity contribution in [1.29, 1.82) is 0 Å². The predicted molar refractivity (Wildman–Crippen MR) is 57.3 cm³/mol. The Morgan fingerprint density at radius 1 is 1.57 bits per heavy atom. The van der Waals surface area contributed by atoms with Gasteiger partial charge in [0.05, 0.1) is 13.2 Å². The molecule has 0 fully saturated rings. The van der Waals surface area contributed by atoms with E-state index < -0.39 is 0 Å². The molecule has 1 atom stereocenters. The van der Waals surface area contributed by atoms with Gasteiger partial charge in [0, 0.05) is 12.6 Å². The van der Waals surface area contributed by atoms with Gasteiger partial charge in [0.2, 0.25) is 0 Å². The summed E-state index contributed by atoms with van der Waals surface area (Å²) < 4.78 is 4.88. The highest BCUT2D eigenvalue weighted by molar-refractivity contribution is 5.78. The Hall–Kier alpha value is -0.810. The molecule has 0 heterocycles. The van der Waals surface area contributed by atoms with Crippen molar-refractivity contribution in [3.63, 3.8) is 0 Å². The van der Waals surface area contributed by atoms with Crippen LogP contribution in [0, 0.1) is 0 Å².